The van der Waals surface area contributed by atoms with Crippen LogP contribution in [-0.2, 0) is 0 Å². The van der Waals surface area contributed by atoms with E-state index < -0.39 is 0 Å². The SMILES string of the molecule is CCC1CCCC(CN)(NCCN(C)C)CC1. The lowest BCUT2D eigenvalue weighted by Gasteiger charge is -2.33. The van der Waals surface area contributed by atoms with Crippen molar-refractivity contribution in [3.63, 3.8) is 0 Å². The number of likely N-dealkylation sites (N-methyl/N-ethyl adjacent to an activating group) is 1. The predicted molar refractivity (Wildman–Crippen MR) is 75.2 cm³/mol. The van der Waals surface area contributed by atoms with E-state index in [1.54, 1.807) is 0 Å². The van der Waals surface area contributed by atoms with Crippen LogP contribution in [0, 0.1) is 5.92 Å². The maximum absolute atomic E-state index is 6.04. The summed E-state index contributed by atoms with van der Waals surface area (Å²) in [7, 11) is 4.24. The zero-order valence-electron chi connectivity index (χ0n) is 12.0. The van der Waals surface area contributed by atoms with Crippen LogP contribution in [0.1, 0.15) is 45.4 Å². The van der Waals surface area contributed by atoms with Crippen molar-refractivity contribution in [2.45, 2.75) is 51.0 Å². The minimum atomic E-state index is 0.222. The van der Waals surface area contributed by atoms with Gasteiger partial charge in [0.25, 0.3) is 0 Å². The topological polar surface area (TPSA) is 41.3 Å². The zero-order valence-corrected chi connectivity index (χ0v) is 12.0. The molecule has 0 aromatic heterocycles. The van der Waals surface area contributed by atoms with E-state index >= 15 is 0 Å². The molecule has 0 saturated heterocycles. The van der Waals surface area contributed by atoms with E-state index in [0.29, 0.717) is 0 Å². The van der Waals surface area contributed by atoms with E-state index in [0.717, 1.165) is 25.6 Å². The highest BCUT2D eigenvalue weighted by atomic mass is 15.1. The highest BCUT2D eigenvalue weighted by Gasteiger charge is 2.30. The highest BCUT2D eigenvalue weighted by molar-refractivity contribution is 4.92. The van der Waals surface area contributed by atoms with Crippen LogP contribution in [0.5, 0.6) is 0 Å². The molecular formula is C14H31N3. The molecule has 1 aliphatic carbocycles. The molecule has 1 saturated carbocycles. The Morgan fingerprint density at radius 1 is 1.29 bits per heavy atom. The maximum Gasteiger partial charge on any atom is 0.0304 e. The molecule has 3 heteroatoms. The van der Waals surface area contributed by atoms with Crippen LogP contribution in [0.3, 0.4) is 0 Å². The Morgan fingerprint density at radius 3 is 2.65 bits per heavy atom. The van der Waals surface area contributed by atoms with Gasteiger partial charge in [0.2, 0.25) is 0 Å². The van der Waals surface area contributed by atoms with Crippen molar-refractivity contribution in [3.05, 3.63) is 0 Å². The second-order valence-corrected chi connectivity index (χ2v) is 5.92. The van der Waals surface area contributed by atoms with Crippen molar-refractivity contribution < 1.29 is 0 Å². The van der Waals surface area contributed by atoms with Crippen LogP contribution in [0.15, 0.2) is 0 Å². The van der Waals surface area contributed by atoms with E-state index in [1.165, 1.54) is 38.5 Å². The summed E-state index contributed by atoms with van der Waals surface area (Å²) in [4.78, 5) is 2.22. The molecule has 0 aromatic carbocycles. The van der Waals surface area contributed by atoms with Gasteiger partial charge in [0, 0.05) is 25.2 Å². The lowest BCUT2D eigenvalue weighted by atomic mass is 9.89. The molecule has 2 atom stereocenters. The fraction of sp³-hybridized carbons (Fsp3) is 1.00. The number of nitrogens with two attached hydrogens (primary N) is 1. The number of nitrogens with one attached hydrogen (secondary N) is 1. The van der Waals surface area contributed by atoms with Gasteiger partial charge in [-0.05, 0) is 39.3 Å². The number of nitrogens with zero attached hydrogens (tertiary/aromatic N) is 1. The Morgan fingerprint density at radius 2 is 2.06 bits per heavy atom. The molecule has 3 N–H and O–H groups in total. The molecule has 3 nitrogen and oxygen atoms in total. The van der Waals surface area contributed by atoms with Gasteiger partial charge in [0.05, 0.1) is 0 Å². The van der Waals surface area contributed by atoms with E-state index in [-0.39, 0.29) is 5.54 Å². The van der Waals surface area contributed by atoms with Crippen molar-refractivity contribution in [1.29, 1.82) is 0 Å². The smallest absolute Gasteiger partial charge is 0.0304 e. The average Bonchev–Trinajstić information content (AvgIpc) is 2.51. The molecule has 1 fully saturated rings. The van der Waals surface area contributed by atoms with Crippen molar-refractivity contribution in [1.82, 2.24) is 10.2 Å². The molecule has 1 rings (SSSR count). The Labute approximate surface area is 107 Å². The van der Waals surface area contributed by atoms with Gasteiger partial charge in [-0.3, -0.25) is 0 Å². The van der Waals surface area contributed by atoms with Crippen molar-refractivity contribution >= 4 is 0 Å². The Kier molecular flexibility index (Phi) is 6.45. The molecular weight excluding hydrogens is 210 g/mol. The van der Waals surface area contributed by atoms with E-state index in [4.69, 9.17) is 5.73 Å². The molecule has 17 heavy (non-hydrogen) atoms. The summed E-state index contributed by atoms with van der Waals surface area (Å²) < 4.78 is 0. The zero-order chi connectivity index (χ0) is 12.7. The monoisotopic (exact) mass is 241 g/mol. The molecule has 0 radical (unpaired) electrons. The molecule has 0 spiro atoms. The molecule has 0 aromatic rings. The van der Waals surface area contributed by atoms with Crippen LogP contribution in [0.4, 0.5) is 0 Å². The quantitative estimate of drug-likeness (QED) is 0.697. The third-order valence-corrected chi connectivity index (χ3v) is 4.33. The minimum absolute atomic E-state index is 0.222. The number of hydrogen-bond acceptors (Lipinski definition) is 3. The Bertz CT molecular complexity index is 206. The van der Waals surface area contributed by atoms with Crippen LogP contribution in [0.2, 0.25) is 0 Å². The van der Waals surface area contributed by atoms with Crippen LogP contribution >= 0.6 is 0 Å². The maximum atomic E-state index is 6.04. The van der Waals surface area contributed by atoms with Gasteiger partial charge in [-0.25, -0.2) is 0 Å². The van der Waals surface area contributed by atoms with Crippen molar-refractivity contribution in [2.24, 2.45) is 11.7 Å². The first-order valence-corrected chi connectivity index (χ1v) is 7.21. The highest BCUT2D eigenvalue weighted by Crippen LogP contribution is 2.31. The third-order valence-electron chi connectivity index (χ3n) is 4.33. The van der Waals surface area contributed by atoms with E-state index in [1.807, 2.05) is 0 Å². The summed E-state index contributed by atoms with van der Waals surface area (Å²) >= 11 is 0. The summed E-state index contributed by atoms with van der Waals surface area (Å²) in [5.74, 6) is 0.930. The van der Waals surface area contributed by atoms with Crippen LogP contribution < -0.4 is 11.1 Å². The van der Waals surface area contributed by atoms with Gasteiger partial charge in [-0.2, -0.15) is 0 Å². The Balaban J connectivity index is 2.44. The molecule has 102 valence electrons. The first kappa shape index (κ1) is 14.9. The summed E-state index contributed by atoms with van der Waals surface area (Å²) in [5.41, 5.74) is 6.26. The third kappa shape index (κ3) is 4.94. The summed E-state index contributed by atoms with van der Waals surface area (Å²) in [6.45, 7) is 5.26. The van der Waals surface area contributed by atoms with Crippen LogP contribution in [0.25, 0.3) is 0 Å². The molecule has 1 aliphatic rings. The first-order valence-electron chi connectivity index (χ1n) is 7.21. The average molecular weight is 241 g/mol. The largest absolute Gasteiger partial charge is 0.329 e. The fourth-order valence-corrected chi connectivity index (χ4v) is 2.88. The molecule has 0 aliphatic heterocycles. The summed E-state index contributed by atoms with van der Waals surface area (Å²) in [5, 5.41) is 3.73. The van der Waals surface area contributed by atoms with Gasteiger partial charge >= 0.3 is 0 Å². The summed E-state index contributed by atoms with van der Waals surface area (Å²) in [6.07, 6.45) is 7.93. The number of rotatable bonds is 6. The second kappa shape index (κ2) is 7.34. The van der Waals surface area contributed by atoms with Crippen LogP contribution in [-0.4, -0.2) is 44.2 Å². The molecule has 0 bridgehead atoms. The Hall–Kier alpha value is -0.120. The first-order chi connectivity index (χ1) is 8.12. The fourth-order valence-electron chi connectivity index (χ4n) is 2.88. The standard InChI is InChI=1S/C14H31N3/c1-4-13-6-5-8-14(12-15,9-7-13)16-10-11-17(2)3/h13,16H,4-12,15H2,1-3H3. The minimum Gasteiger partial charge on any atom is -0.329 e. The number of hydrogen-bond donors (Lipinski definition) is 2. The van der Waals surface area contributed by atoms with Gasteiger partial charge in [-0.1, -0.05) is 26.2 Å². The van der Waals surface area contributed by atoms with Crippen molar-refractivity contribution in [2.75, 3.05) is 33.7 Å². The molecule has 0 heterocycles. The lowest BCUT2D eigenvalue weighted by Crippen LogP contribution is -2.52. The predicted octanol–water partition coefficient (Wildman–Crippen LogP) is 1.83. The van der Waals surface area contributed by atoms with Gasteiger partial charge in [0.15, 0.2) is 0 Å². The van der Waals surface area contributed by atoms with Gasteiger partial charge < -0.3 is 16.0 Å². The molecule has 0 amide bonds. The lowest BCUT2D eigenvalue weighted by molar-refractivity contribution is 0.271. The van der Waals surface area contributed by atoms with Gasteiger partial charge in [0.1, 0.15) is 0 Å². The van der Waals surface area contributed by atoms with E-state index in [2.05, 4.69) is 31.2 Å². The normalized spacial score (nSPS) is 30.5. The summed E-state index contributed by atoms with van der Waals surface area (Å²) in [6, 6.07) is 0. The van der Waals surface area contributed by atoms with E-state index in [9.17, 15) is 0 Å². The van der Waals surface area contributed by atoms with Gasteiger partial charge in [-0.15, -0.1) is 0 Å². The van der Waals surface area contributed by atoms with Crippen molar-refractivity contribution in [3.8, 4) is 0 Å². The second-order valence-electron chi connectivity index (χ2n) is 5.92. The molecule has 2 unspecified atom stereocenters.